The van der Waals surface area contributed by atoms with Crippen LogP contribution in [0, 0.1) is 0 Å². The second-order valence-electron chi connectivity index (χ2n) is 5.06. The van der Waals surface area contributed by atoms with Gasteiger partial charge in [0, 0.05) is 35.9 Å². The minimum Gasteiger partial charge on any atom is -0.411 e. The molecule has 0 aliphatic carbocycles. The average Bonchev–Trinajstić information content (AvgIpc) is 3.33. The Kier molecular flexibility index (Phi) is 4.21. The highest BCUT2D eigenvalue weighted by Gasteiger charge is 2.20. The molecule has 4 aromatic rings. The number of hydrogen-bond donors (Lipinski definition) is 0. The Hall–Kier alpha value is -3.07. The maximum atomic E-state index is 5.67. The molecule has 25 heavy (non-hydrogen) atoms. The lowest BCUT2D eigenvalue weighted by Gasteiger charge is -2.00. The van der Waals surface area contributed by atoms with E-state index in [1.54, 1.807) is 24.8 Å². The Labute approximate surface area is 146 Å². The van der Waals surface area contributed by atoms with Gasteiger partial charge in [0.05, 0.1) is 5.25 Å². The van der Waals surface area contributed by atoms with E-state index in [0.29, 0.717) is 22.8 Å². The van der Waals surface area contributed by atoms with Gasteiger partial charge in [-0.1, -0.05) is 16.9 Å². The Morgan fingerprint density at radius 2 is 1.60 bits per heavy atom. The predicted molar refractivity (Wildman–Crippen MR) is 89.3 cm³/mol. The summed E-state index contributed by atoms with van der Waals surface area (Å²) >= 11 is 1.36. The molecule has 0 radical (unpaired) electrons. The third-order valence-electron chi connectivity index (χ3n) is 3.34. The lowest BCUT2D eigenvalue weighted by atomic mass is 10.2. The van der Waals surface area contributed by atoms with Gasteiger partial charge in [0.1, 0.15) is 0 Å². The Morgan fingerprint density at radius 3 is 2.32 bits per heavy atom. The maximum Gasteiger partial charge on any atom is 0.277 e. The normalized spacial score (nSPS) is 12.2. The lowest BCUT2D eigenvalue weighted by molar-refractivity contribution is 0.379. The zero-order chi connectivity index (χ0) is 17.1. The van der Waals surface area contributed by atoms with Gasteiger partial charge in [0.15, 0.2) is 0 Å². The Morgan fingerprint density at radius 1 is 0.920 bits per heavy atom. The van der Waals surface area contributed by atoms with E-state index < -0.39 is 0 Å². The van der Waals surface area contributed by atoms with Gasteiger partial charge in [-0.15, -0.1) is 10.2 Å². The van der Waals surface area contributed by atoms with Crippen molar-refractivity contribution in [3.8, 4) is 22.8 Å². The van der Waals surface area contributed by atoms with Crippen LogP contribution in [0.3, 0.4) is 0 Å². The molecule has 1 atom stereocenters. The summed E-state index contributed by atoms with van der Waals surface area (Å²) in [6, 6.07) is 7.27. The first kappa shape index (κ1) is 15.5. The quantitative estimate of drug-likeness (QED) is 0.499. The first-order chi connectivity index (χ1) is 12.3. The van der Waals surface area contributed by atoms with E-state index in [1.807, 2.05) is 31.2 Å². The number of aromatic nitrogens is 6. The molecule has 0 bridgehead atoms. The highest BCUT2D eigenvalue weighted by atomic mass is 32.2. The van der Waals surface area contributed by atoms with Crippen molar-refractivity contribution in [2.24, 2.45) is 0 Å². The molecule has 124 valence electrons. The van der Waals surface area contributed by atoms with Crippen molar-refractivity contribution >= 4 is 11.8 Å². The molecule has 0 aromatic carbocycles. The van der Waals surface area contributed by atoms with Gasteiger partial charge in [-0.3, -0.25) is 9.97 Å². The number of rotatable bonds is 5. The molecule has 4 heterocycles. The number of pyridine rings is 2. The van der Waals surface area contributed by atoms with Gasteiger partial charge < -0.3 is 8.94 Å². The van der Waals surface area contributed by atoms with Crippen LogP contribution in [0.25, 0.3) is 22.8 Å². The molecule has 0 amide bonds. The Balaban J connectivity index is 1.49. The highest BCUT2D eigenvalue weighted by Crippen LogP contribution is 2.34. The highest BCUT2D eigenvalue weighted by molar-refractivity contribution is 7.99. The lowest BCUT2D eigenvalue weighted by Crippen LogP contribution is -1.89. The molecular weight excluding hydrogens is 340 g/mol. The van der Waals surface area contributed by atoms with Gasteiger partial charge in [-0.05, 0) is 31.2 Å². The van der Waals surface area contributed by atoms with Crippen LogP contribution in [0.2, 0.25) is 0 Å². The molecule has 0 unspecified atom stereocenters. The monoisotopic (exact) mass is 352 g/mol. The van der Waals surface area contributed by atoms with Crippen LogP contribution in [0.5, 0.6) is 0 Å². The molecule has 0 aliphatic rings. The van der Waals surface area contributed by atoms with Crippen LogP contribution in [-0.4, -0.2) is 30.3 Å². The molecule has 4 aromatic heterocycles. The summed E-state index contributed by atoms with van der Waals surface area (Å²) in [5.74, 6) is 1.45. The molecule has 0 fully saturated rings. The van der Waals surface area contributed by atoms with Crippen LogP contribution in [0.1, 0.15) is 18.1 Å². The molecule has 0 aliphatic heterocycles. The number of thioether (sulfide) groups is 1. The molecule has 0 spiro atoms. The van der Waals surface area contributed by atoms with E-state index in [-0.39, 0.29) is 5.25 Å². The smallest absolute Gasteiger partial charge is 0.277 e. The molecule has 0 saturated heterocycles. The summed E-state index contributed by atoms with van der Waals surface area (Å²) in [6.07, 6.45) is 6.72. The third kappa shape index (κ3) is 3.41. The molecule has 0 N–H and O–H groups in total. The first-order valence-corrected chi connectivity index (χ1v) is 8.32. The summed E-state index contributed by atoms with van der Waals surface area (Å²) in [5, 5.41) is 12.4. The molecule has 0 saturated carbocycles. The zero-order valence-corrected chi connectivity index (χ0v) is 13.9. The minimum absolute atomic E-state index is 0.131. The number of nitrogens with zero attached hydrogens (tertiary/aromatic N) is 6. The van der Waals surface area contributed by atoms with Gasteiger partial charge in [0.2, 0.25) is 17.6 Å². The number of hydrogen-bond acceptors (Lipinski definition) is 9. The fourth-order valence-corrected chi connectivity index (χ4v) is 2.80. The van der Waals surface area contributed by atoms with Crippen LogP contribution in [0.4, 0.5) is 0 Å². The van der Waals surface area contributed by atoms with E-state index in [1.165, 1.54) is 11.8 Å². The summed E-state index contributed by atoms with van der Waals surface area (Å²) in [4.78, 5) is 12.4. The van der Waals surface area contributed by atoms with Crippen molar-refractivity contribution in [1.82, 2.24) is 30.3 Å². The van der Waals surface area contributed by atoms with Crippen molar-refractivity contribution in [2.75, 3.05) is 0 Å². The predicted octanol–water partition coefficient (Wildman–Crippen LogP) is 3.43. The standard InChI is InChI=1S/C16H12N6O2S/c1-10(14-19-13(22-24-14)11-2-6-17-7-3-11)25-16-21-20-15(23-16)12-4-8-18-9-5-12/h2-10H,1H3/t10-/m1/s1. The van der Waals surface area contributed by atoms with Gasteiger partial charge in [0.25, 0.3) is 5.22 Å². The van der Waals surface area contributed by atoms with Crippen LogP contribution in [-0.2, 0) is 0 Å². The van der Waals surface area contributed by atoms with Crippen molar-refractivity contribution < 1.29 is 8.94 Å². The summed E-state index contributed by atoms with van der Waals surface area (Å²) in [6.45, 7) is 1.94. The average molecular weight is 352 g/mol. The third-order valence-corrected chi connectivity index (χ3v) is 4.26. The molecule has 4 rings (SSSR count). The van der Waals surface area contributed by atoms with E-state index in [4.69, 9.17) is 8.94 Å². The molecule has 9 heteroatoms. The molecule has 8 nitrogen and oxygen atoms in total. The van der Waals surface area contributed by atoms with Crippen molar-refractivity contribution in [2.45, 2.75) is 17.4 Å². The SMILES string of the molecule is C[C@@H](Sc1nnc(-c2ccncc2)o1)c1nc(-c2ccncc2)no1. The van der Waals surface area contributed by atoms with Gasteiger partial charge in [-0.2, -0.15) is 4.98 Å². The van der Waals surface area contributed by atoms with Crippen LogP contribution in [0.15, 0.2) is 63.2 Å². The van der Waals surface area contributed by atoms with Gasteiger partial charge >= 0.3 is 0 Å². The van der Waals surface area contributed by atoms with E-state index >= 15 is 0 Å². The topological polar surface area (TPSA) is 104 Å². The zero-order valence-electron chi connectivity index (χ0n) is 13.1. The van der Waals surface area contributed by atoms with Gasteiger partial charge in [-0.25, -0.2) is 0 Å². The van der Waals surface area contributed by atoms with Crippen molar-refractivity contribution in [1.29, 1.82) is 0 Å². The fraction of sp³-hybridized carbons (Fsp3) is 0.125. The second kappa shape index (κ2) is 6.81. The Bertz CT molecular complexity index is 957. The van der Waals surface area contributed by atoms with Crippen LogP contribution >= 0.6 is 11.8 Å². The van der Waals surface area contributed by atoms with E-state index in [0.717, 1.165) is 11.1 Å². The fourth-order valence-electron chi connectivity index (χ4n) is 2.09. The summed E-state index contributed by atoms with van der Waals surface area (Å²) < 4.78 is 11.0. The summed E-state index contributed by atoms with van der Waals surface area (Å²) in [5.41, 5.74) is 1.67. The maximum absolute atomic E-state index is 5.67. The molecular formula is C16H12N6O2S. The first-order valence-electron chi connectivity index (χ1n) is 7.44. The second-order valence-corrected chi connectivity index (χ2v) is 6.35. The van der Waals surface area contributed by atoms with E-state index in [2.05, 4.69) is 30.3 Å². The largest absolute Gasteiger partial charge is 0.411 e. The summed E-state index contributed by atoms with van der Waals surface area (Å²) in [7, 11) is 0. The minimum atomic E-state index is -0.131. The van der Waals surface area contributed by atoms with Crippen LogP contribution < -0.4 is 0 Å². The van der Waals surface area contributed by atoms with Crippen molar-refractivity contribution in [3.05, 3.63) is 54.9 Å². The van der Waals surface area contributed by atoms with Crippen molar-refractivity contribution in [3.63, 3.8) is 0 Å². The van der Waals surface area contributed by atoms with E-state index in [9.17, 15) is 0 Å².